The molecule has 1 aliphatic heterocycles. The van der Waals surface area contributed by atoms with Gasteiger partial charge in [0.1, 0.15) is 11.9 Å². The summed E-state index contributed by atoms with van der Waals surface area (Å²) < 4.78 is 5.39. The second kappa shape index (κ2) is 3.26. The van der Waals surface area contributed by atoms with Crippen LogP contribution in [0.25, 0.3) is 0 Å². The minimum Gasteiger partial charge on any atom is -0.508 e. The Kier molecular flexibility index (Phi) is 2.18. The quantitative estimate of drug-likeness (QED) is 0.661. The van der Waals surface area contributed by atoms with E-state index in [2.05, 4.69) is 0 Å². The molecule has 1 N–H and O–H groups in total. The fraction of sp³-hybridized carbons (Fsp3) is 0.417. The first-order valence-electron chi connectivity index (χ1n) is 5.04. The highest BCUT2D eigenvalue weighted by Crippen LogP contribution is 2.36. The summed E-state index contributed by atoms with van der Waals surface area (Å²) in [4.78, 5) is 11.6. The van der Waals surface area contributed by atoms with Crippen LogP contribution in [0.5, 0.6) is 0 Å². The zero-order valence-corrected chi connectivity index (χ0v) is 9.07. The van der Waals surface area contributed by atoms with Gasteiger partial charge in [-0.2, -0.15) is 0 Å². The molecule has 0 aromatic rings. The Labute approximate surface area is 88.7 Å². The van der Waals surface area contributed by atoms with Crippen LogP contribution in [0.2, 0.25) is 0 Å². The average Bonchev–Trinajstić information content (AvgIpc) is 2.19. The van der Waals surface area contributed by atoms with E-state index in [1.54, 1.807) is 0 Å². The molecule has 2 rings (SSSR count). The molecule has 0 bridgehead atoms. The molecule has 0 aromatic heterocycles. The van der Waals surface area contributed by atoms with Crippen LogP contribution in [0.3, 0.4) is 0 Å². The van der Waals surface area contributed by atoms with Gasteiger partial charge in [-0.3, -0.25) is 4.79 Å². The molecule has 0 spiro atoms. The highest BCUT2D eigenvalue weighted by molar-refractivity contribution is 6.09. The molecule has 2 unspecified atom stereocenters. The normalized spacial score (nSPS) is 30.5. The number of rotatable bonds is 0. The van der Waals surface area contributed by atoms with Gasteiger partial charge in [-0.25, -0.2) is 0 Å². The maximum Gasteiger partial charge on any atom is 0.192 e. The zero-order valence-electron chi connectivity index (χ0n) is 9.07. The van der Waals surface area contributed by atoms with Crippen molar-refractivity contribution in [1.82, 2.24) is 0 Å². The first-order chi connectivity index (χ1) is 7.02. The summed E-state index contributed by atoms with van der Waals surface area (Å²) >= 11 is 0. The standard InChI is InChI=1S/C12H14O3/c1-6-8(3)15-5-9-11(14)4-10(13)7(2)12(6)9/h4-6,8,13H,1-3H3. The van der Waals surface area contributed by atoms with E-state index in [1.165, 1.54) is 12.3 Å². The van der Waals surface area contributed by atoms with E-state index >= 15 is 0 Å². The largest absolute Gasteiger partial charge is 0.508 e. The molecular formula is C12H14O3. The van der Waals surface area contributed by atoms with Crippen LogP contribution in [0.15, 0.2) is 34.8 Å². The van der Waals surface area contributed by atoms with Crippen LogP contribution in [-0.4, -0.2) is 17.0 Å². The number of hydrogen-bond donors (Lipinski definition) is 1. The lowest BCUT2D eigenvalue weighted by atomic mass is 9.80. The third kappa shape index (κ3) is 1.39. The van der Waals surface area contributed by atoms with Crippen molar-refractivity contribution in [2.75, 3.05) is 0 Å². The summed E-state index contributed by atoms with van der Waals surface area (Å²) in [7, 11) is 0. The minimum absolute atomic E-state index is 0.0393. The van der Waals surface area contributed by atoms with Crippen LogP contribution in [0, 0.1) is 5.92 Å². The molecule has 0 amide bonds. The Morgan fingerprint density at radius 2 is 2.07 bits per heavy atom. The summed E-state index contributed by atoms with van der Waals surface area (Å²) in [6, 6.07) is 0. The number of allylic oxidation sites excluding steroid dienone is 3. The molecule has 0 aromatic carbocycles. The van der Waals surface area contributed by atoms with E-state index in [1.807, 2.05) is 20.8 Å². The molecule has 3 heteroatoms. The first kappa shape index (κ1) is 10.0. The van der Waals surface area contributed by atoms with Gasteiger partial charge in [0.2, 0.25) is 0 Å². The second-order valence-corrected chi connectivity index (χ2v) is 4.09. The molecule has 1 heterocycles. The van der Waals surface area contributed by atoms with Gasteiger partial charge in [-0.05, 0) is 25.0 Å². The van der Waals surface area contributed by atoms with Gasteiger partial charge in [0.15, 0.2) is 5.78 Å². The number of ether oxygens (including phenoxy) is 1. The van der Waals surface area contributed by atoms with E-state index in [9.17, 15) is 9.90 Å². The van der Waals surface area contributed by atoms with Crippen molar-refractivity contribution in [2.24, 2.45) is 5.92 Å². The van der Waals surface area contributed by atoms with Crippen LogP contribution < -0.4 is 0 Å². The van der Waals surface area contributed by atoms with E-state index in [0.717, 1.165) is 11.1 Å². The lowest BCUT2D eigenvalue weighted by Crippen LogP contribution is -2.28. The second-order valence-electron chi connectivity index (χ2n) is 4.09. The smallest absolute Gasteiger partial charge is 0.192 e. The van der Waals surface area contributed by atoms with Crippen molar-refractivity contribution < 1.29 is 14.6 Å². The number of carbonyl (C=O) groups is 1. The molecule has 0 radical (unpaired) electrons. The summed E-state index contributed by atoms with van der Waals surface area (Å²) in [5.74, 6) is 0.0322. The van der Waals surface area contributed by atoms with Gasteiger partial charge in [0.25, 0.3) is 0 Å². The Hall–Kier alpha value is -1.51. The molecule has 2 aliphatic rings. The SMILES string of the molecule is CC1=C2C(=COC(C)C2C)C(=O)C=C1O. The number of aliphatic hydroxyl groups is 1. The Morgan fingerprint density at radius 3 is 2.73 bits per heavy atom. The van der Waals surface area contributed by atoms with Gasteiger partial charge in [0, 0.05) is 12.0 Å². The van der Waals surface area contributed by atoms with E-state index in [4.69, 9.17) is 4.74 Å². The topological polar surface area (TPSA) is 46.5 Å². The first-order valence-corrected chi connectivity index (χ1v) is 5.04. The van der Waals surface area contributed by atoms with E-state index in [-0.39, 0.29) is 23.6 Å². The van der Waals surface area contributed by atoms with Crippen molar-refractivity contribution in [3.8, 4) is 0 Å². The number of carbonyl (C=O) groups excluding carboxylic acids is 1. The fourth-order valence-corrected chi connectivity index (χ4v) is 2.02. The molecule has 80 valence electrons. The lowest BCUT2D eigenvalue weighted by Gasteiger charge is -2.31. The Balaban J connectivity index is 2.59. The minimum atomic E-state index is -0.174. The highest BCUT2D eigenvalue weighted by atomic mass is 16.5. The Morgan fingerprint density at radius 1 is 1.40 bits per heavy atom. The molecule has 0 fully saturated rings. The number of fused-ring (bicyclic) bond motifs is 1. The van der Waals surface area contributed by atoms with Crippen LogP contribution >= 0.6 is 0 Å². The third-order valence-corrected chi connectivity index (χ3v) is 3.17. The van der Waals surface area contributed by atoms with Crippen LogP contribution in [0.4, 0.5) is 0 Å². The number of ketones is 1. The monoisotopic (exact) mass is 206 g/mol. The zero-order chi connectivity index (χ0) is 11.2. The van der Waals surface area contributed by atoms with Gasteiger partial charge < -0.3 is 9.84 Å². The van der Waals surface area contributed by atoms with Crippen molar-refractivity contribution in [2.45, 2.75) is 26.9 Å². The van der Waals surface area contributed by atoms with Gasteiger partial charge >= 0.3 is 0 Å². The van der Waals surface area contributed by atoms with Gasteiger partial charge in [-0.15, -0.1) is 0 Å². The predicted octanol–water partition coefficient (Wildman–Crippen LogP) is 2.27. The summed E-state index contributed by atoms with van der Waals surface area (Å²) in [6.45, 7) is 5.79. The summed E-state index contributed by atoms with van der Waals surface area (Å²) in [5, 5.41) is 9.61. The number of aliphatic hydroxyl groups excluding tert-OH is 1. The maximum atomic E-state index is 11.6. The number of hydrogen-bond acceptors (Lipinski definition) is 3. The molecule has 3 nitrogen and oxygen atoms in total. The van der Waals surface area contributed by atoms with Crippen molar-refractivity contribution in [1.29, 1.82) is 0 Å². The summed E-state index contributed by atoms with van der Waals surface area (Å²) in [5.41, 5.74) is 2.28. The molecule has 15 heavy (non-hydrogen) atoms. The average molecular weight is 206 g/mol. The van der Waals surface area contributed by atoms with E-state index < -0.39 is 0 Å². The molecule has 2 atom stereocenters. The molecule has 0 saturated carbocycles. The van der Waals surface area contributed by atoms with Crippen LogP contribution in [0.1, 0.15) is 20.8 Å². The maximum absolute atomic E-state index is 11.6. The summed E-state index contributed by atoms with van der Waals surface area (Å²) in [6.07, 6.45) is 2.79. The van der Waals surface area contributed by atoms with Crippen molar-refractivity contribution in [3.63, 3.8) is 0 Å². The molecule has 1 aliphatic carbocycles. The van der Waals surface area contributed by atoms with Gasteiger partial charge in [-0.1, -0.05) is 6.92 Å². The fourth-order valence-electron chi connectivity index (χ4n) is 2.02. The lowest BCUT2D eigenvalue weighted by molar-refractivity contribution is -0.111. The van der Waals surface area contributed by atoms with Gasteiger partial charge in [0.05, 0.1) is 11.8 Å². The molecule has 0 saturated heterocycles. The van der Waals surface area contributed by atoms with Crippen molar-refractivity contribution >= 4 is 5.78 Å². The predicted molar refractivity (Wildman–Crippen MR) is 56.2 cm³/mol. The highest BCUT2D eigenvalue weighted by Gasteiger charge is 2.33. The van der Waals surface area contributed by atoms with E-state index in [0.29, 0.717) is 5.57 Å². The van der Waals surface area contributed by atoms with Crippen molar-refractivity contribution in [3.05, 3.63) is 34.8 Å². The van der Waals surface area contributed by atoms with Crippen LogP contribution in [-0.2, 0) is 9.53 Å². The molecular weight excluding hydrogens is 192 g/mol. The Bertz CT molecular complexity index is 413. The third-order valence-electron chi connectivity index (χ3n) is 3.17.